The molecule has 2 fully saturated rings. The second kappa shape index (κ2) is 6.74. The molecule has 2 atom stereocenters. The van der Waals surface area contributed by atoms with Gasteiger partial charge in [0.25, 0.3) is 5.91 Å². The molecule has 0 saturated carbocycles. The molecule has 2 aliphatic rings. The van der Waals surface area contributed by atoms with Gasteiger partial charge in [-0.1, -0.05) is 30.3 Å². The number of likely N-dealkylation sites (tertiary alicyclic amines) is 1. The Bertz CT molecular complexity index is 1060. The summed E-state index contributed by atoms with van der Waals surface area (Å²) in [6.45, 7) is 3.97. The van der Waals surface area contributed by atoms with Gasteiger partial charge >= 0.3 is 0 Å². The van der Waals surface area contributed by atoms with E-state index in [4.69, 9.17) is 0 Å². The smallest absolute Gasteiger partial charge is 0.264 e. The lowest BCUT2D eigenvalue weighted by atomic mass is 9.91. The number of hydrogen-bond acceptors (Lipinski definition) is 4. The van der Waals surface area contributed by atoms with Crippen LogP contribution >= 0.6 is 11.3 Å². The molecule has 2 aromatic heterocycles. The highest BCUT2D eigenvalue weighted by atomic mass is 32.1. The van der Waals surface area contributed by atoms with E-state index in [1.807, 2.05) is 40.8 Å². The average molecular weight is 395 g/mol. The van der Waals surface area contributed by atoms with Crippen molar-refractivity contribution in [1.29, 1.82) is 0 Å². The van der Waals surface area contributed by atoms with E-state index in [1.165, 1.54) is 16.9 Å². The number of thiophene rings is 1. The van der Waals surface area contributed by atoms with E-state index in [0.717, 1.165) is 40.2 Å². The second-order valence-corrected chi connectivity index (χ2v) is 8.65. The molecule has 7 heteroatoms. The maximum atomic E-state index is 13.3. The zero-order chi connectivity index (χ0) is 19.3. The largest absolute Gasteiger partial charge is 0.354 e. The van der Waals surface area contributed by atoms with Crippen LogP contribution in [0.3, 0.4) is 0 Å². The van der Waals surface area contributed by atoms with Crippen LogP contribution in [0.4, 0.5) is 0 Å². The molecule has 4 heterocycles. The van der Waals surface area contributed by atoms with Crippen LogP contribution in [0.15, 0.2) is 36.4 Å². The summed E-state index contributed by atoms with van der Waals surface area (Å²) in [5.74, 6) is 0.0774. The van der Waals surface area contributed by atoms with Gasteiger partial charge in [0.15, 0.2) is 0 Å². The molecule has 0 aliphatic carbocycles. The number of fused-ring (bicyclic) bond motifs is 2. The quantitative estimate of drug-likeness (QED) is 0.743. The summed E-state index contributed by atoms with van der Waals surface area (Å²) in [7, 11) is 0. The lowest BCUT2D eigenvalue weighted by Gasteiger charge is -2.35. The number of carbonyl (C=O) groups excluding carboxylic acids is 2. The number of carbonyl (C=O) groups is 2. The lowest BCUT2D eigenvalue weighted by molar-refractivity contribution is -0.123. The molecular weight excluding hydrogens is 372 g/mol. The van der Waals surface area contributed by atoms with Gasteiger partial charge in [0.2, 0.25) is 5.91 Å². The molecule has 3 aromatic rings. The Labute approximate surface area is 167 Å². The Hall–Kier alpha value is -2.67. The molecule has 0 radical (unpaired) electrons. The minimum Gasteiger partial charge on any atom is -0.354 e. The van der Waals surface area contributed by atoms with Crippen LogP contribution in [0, 0.1) is 12.8 Å². The Morgan fingerprint density at radius 1 is 1.32 bits per heavy atom. The highest BCUT2D eigenvalue weighted by Crippen LogP contribution is 2.33. The third-order valence-corrected chi connectivity index (χ3v) is 6.99. The fourth-order valence-corrected chi connectivity index (χ4v) is 5.54. The summed E-state index contributed by atoms with van der Waals surface area (Å²) in [5, 5.41) is 8.63. The average Bonchev–Trinajstić information content (AvgIpc) is 3.39. The summed E-state index contributed by atoms with van der Waals surface area (Å²) in [6.07, 6.45) is 1.75. The number of piperidine rings is 1. The maximum absolute atomic E-state index is 13.3. The summed E-state index contributed by atoms with van der Waals surface area (Å²) < 4.78 is 1.99. The predicted molar refractivity (Wildman–Crippen MR) is 108 cm³/mol. The molecule has 144 valence electrons. The number of aryl methyl sites for hydroxylation is 1. The van der Waals surface area contributed by atoms with Crippen LogP contribution < -0.4 is 5.32 Å². The van der Waals surface area contributed by atoms with Crippen molar-refractivity contribution in [2.24, 2.45) is 5.92 Å². The van der Waals surface area contributed by atoms with Crippen molar-refractivity contribution in [3.8, 4) is 0 Å². The molecular formula is C21H22N4O2S. The first kappa shape index (κ1) is 17.4. The Balaban J connectivity index is 1.46. The Morgan fingerprint density at radius 2 is 2.14 bits per heavy atom. The fraction of sp³-hybridized carbons (Fsp3) is 0.381. The van der Waals surface area contributed by atoms with Crippen molar-refractivity contribution >= 4 is 33.4 Å². The number of benzene rings is 1. The van der Waals surface area contributed by atoms with E-state index < -0.39 is 0 Å². The van der Waals surface area contributed by atoms with Crippen molar-refractivity contribution in [3.63, 3.8) is 0 Å². The van der Waals surface area contributed by atoms with Gasteiger partial charge in [0.1, 0.15) is 4.83 Å². The third kappa shape index (κ3) is 2.81. The minimum absolute atomic E-state index is 0.0131. The zero-order valence-electron chi connectivity index (χ0n) is 15.7. The van der Waals surface area contributed by atoms with Gasteiger partial charge in [-0.05, 0) is 31.4 Å². The molecule has 0 spiro atoms. The highest BCUT2D eigenvalue weighted by Gasteiger charge is 2.43. The SMILES string of the molecule is Cc1nn(Cc2ccccc2)c2sc(C(=O)N3CCCC4C(=O)NCC43)cc12. The topological polar surface area (TPSA) is 67.2 Å². The number of rotatable bonds is 3. The monoisotopic (exact) mass is 394 g/mol. The van der Waals surface area contributed by atoms with Crippen LogP contribution in [-0.2, 0) is 11.3 Å². The van der Waals surface area contributed by atoms with Gasteiger partial charge in [0, 0.05) is 18.5 Å². The Kier molecular flexibility index (Phi) is 4.19. The second-order valence-electron chi connectivity index (χ2n) is 7.62. The van der Waals surface area contributed by atoms with E-state index >= 15 is 0 Å². The number of amides is 2. The fourth-order valence-electron chi connectivity index (χ4n) is 4.43. The van der Waals surface area contributed by atoms with Gasteiger partial charge in [-0.25, -0.2) is 0 Å². The van der Waals surface area contributed by atoms with E-state index in [-0.39, 0.29) is 23.8 Å². The molecule has 2 saturated heterocycles. The minimum atomic E-state index is -0.0533. The molecule has 1 aromatic carbocycles. The zero-order valence-corrected chi connectivity index (χ0v) is 16.5. The van der Waals surface area contributed by atoms with E-state index in [9.17, 15) is 9.59 Å². The van der Waals surface area contributed by atoms with Gasteiger partial charge in [-0.15, -0.1) is 11.3 Å². The van der Waals surface area contributed by atoms with Gasteiger partial charge in [0.05, 0.1) is 29.1 Å². The molecule has 1 N–H and O–H groups in total. The highest BCUT2D eigenvalue weighted by molar-refractivity contribution is 7.20. The molecule has 2 unspecified atom stereocenters. The molecule has 2 amide bonds. The van der Waals surface area contributed by atoms with E-state index in [0.29, 0.717) is 13.1 Å². The van der Waals surface area contributed by atoms with Crippen molar-refractivity contribution in [3.05, 3.63) is 52.5 Å². The first-order chi connectivity index (χ1) is 13.6. The van der Waals surface area contributed by atoms with Gasteiger partial charge < -0.3 is 10.2 Å². The van der Waals surface area contributed by atoms with Crippen LogP contribution in [-0.4, -0.2) is 45.6 Å². The molecule has 6 nitrogen and oxygen atoms in total. The number of nitrogens with zero attached hydrogens (tertiary/aromatic N) is 3. The van der Waals surface area contributed by atoms with Crippen LogP contribution in [0.5, 0.6) is 0 Å². The van der Waals surface area contributed by atoms with Crippen molar-refractivity contribution in [2.45, 2.75) is 32.4 Å². The summed E-state index contributed by atoms with van der Waals surface area (Å²) >= 11 is 1.50. The summed E-state index contributed by atoms with van der Waals surface area (Å²) in [5.41, 5.74) is 2.12. The predicted octanol–water partition coefficient (Wildman–Crippen LogP) is 2.81. The van der Waals surface area contributed by atoms with Gasteiger partial charge in [-0.3, -0.25) is 14.3 Å². The van der Waals surface area contributed by atoms with Crippen molar-refractivity contribution < 1.29 is 9.59 Å². The lowest BCUT2D eigenvalue weighted by Crippen LogP contribution is -2.48. The molecule has 28 heavy (non-hydrogen) atoms. The van der Waals surface area contributed by atoms with E-state index in [1.54, 1.807) is 0 Å². The maximum Gasteiger partial charge on any atom is 0.264 e. The van der Waals surface area contributed by atoms with Crippen LogP contribution in [0.25, 0.3) is 10.2 Å². The van der Waals surface area contributed by atoms with Crippen LogP contribution in [0.2, 0.25) is 0 Å². The van der Waals surface area contributed by atoms with E-state index in [2.05, 4.69) is 22.5 Å². The van der Waals surface area contributed by atoms with Crippen molar-refractivity contribution in [2.75, 3.05) is 13.1 Å². The first-order valence-corrected chi connectivity index (χ1v) is 10.5. The molecule has 2 aliphatic heterocycles. The third-order valence-electron chi connectivity index (χ3n) is 5.86. The Morgan fingerprint density at radius 3 is 2.96 bits per heavy atom. The first-order valence-electron chi connectivity index (χ1n) is 9.71. The van der Waals surface area contributed by atoms with Gasteiger partial charge in [-0.2, -0.15) is 5.10 Å². The number of hydrogen-bond donors (Lipinski definition) is 1. The standard InChI is InChI=1S/C21H22N4O2S/c1-13-16-10-18(20(27)24-9-5-8-15-17(24)11-22-19(15)26)28-21(16)25(23-13)12-14-6-3-2-4-7-14/h2-4,6-7,10,15,17H,5,8-9,11-12H2,1H3,(H,22,26). The van der Waals surface area contributed by atoms with Crippen molar-refractivity contribution in [1.82, 2.24) is 20.0 Å². The normalized spacial score (nSPS) is 21.8. The molecule has 0 bridgehead atoms. The van der Waals surface area contributed by atoms with Crippen LogP contribution in [0.1, 0.15) is 33.8 Å². The summed E-state index contributed by atoms with van der Waals surface area (Å²) in [4.78, 5) is 28.9. The number of nitrogens with one attached hydrogen (secondary N) is 1. The number of aromatic nitrogens is 2. The summed E-state index contributed by atoms with van der Waals surface area (Å²) in [6, 6.07) is 12.2. The molecule has 5 rings (SSSR count).